The maximum absolute atomic E-state index is 14.5. The molecule has 8 heteroatoms. The van der Waals surface area contributed by atoms with Crippen molar-refractivity contribution in [1.82, 2.24) is 14.5 Å². The highest BCUT2D eigenvalue weighted by atomic mass is 19.1. The number of aromatic nitrogens is 2. The Bertz CT molecular complexity index is 1150. The van der Waals surface area contributed by atoms with E-state index < -0.39 is 11.6 Å². The highest BCUT2D eigenvalue weighted by Gasteiger charge is 2.30. The van der Waals surface area contributed by atoms with E-state index in [0.29, 0.717) is 42.6 Å². The summed E-state index contributed by atoms with van der Waals surface area (Å²) in [5.41, 5.74) is 2.40. The van der Waals surface area contributed by atoms with Crippen LogP contribution in [-0.2, 0) is 0 Å². The Morgan fingerprint density at radius 2 is 1.88 bits per heavy atom. The Balaban J connectivity index is 1.47. The fourth-order valence-corrected chi connectivity index (χ4v) is 4.93. The lowest BCUT2D eigenvalue weighted by atomic mass is 10.0. The predicted octanol–water partition coefficient (Wildman–Crippen LogP) is 3.94. The number of nitrogens with zero attached hydrogens (tertiary/aromatic N) is 4. The largest absolute Gasteiger partial charge is 0.393 e. The molecular weight excluding hydrogens is 414 g/mol. The van der Waals surface area contributed by atoms with Crippen molar-refractivity contribution in [2.24, 2.45) is 0 Å². The normalized spacial score (nSPS) is 21.8. The maximum Gasteiger partial charge on any atom is 0.257 e. The number of hydrogen-bond donors (Lipinski definition) is 1. The van der Waals surface area contributed by atoms with Gasteiger partial charge in [0.1, 0.15) is 11.6 Å². The molecule has 0 saturated carbocycles. The van der Waals surface area contributed by atoms with E-state index in [0.717, 1.165) is 37.6 Å². The Morgan fingerprint density at radius 3 is 2.75 bits per heavy atom. The molecule has 0 spiro atoms. The molecule has 0 bridgehead atoms. The second-order valence-electron chi connectivity index (χ2n) is 8.67. The fraction of sp³-hybridized carbons (Fsp3) is 0.417. The zero-order chi connectivity index (χ0) is 22.2. The zero-order valence-electron chi connectivity index (χ0n) is 17.8. The number of fused-ring (bicyclic) bond motifs is 1. The molecule has 4 heterocycles. The molecule has 1 amide bonds. The molecule has 1 unspecified atom stereocenters. The van der Waals surface area contributed by atoms with E-state index in [-0.39, 0.29) is 18.1 Å². The summed E-state index contributed by atoms with van der Waals surface area (Å²) in [6.07, 6.45) is 6.66. The van der Waals surface area contributed by atoms with Crippen LogP contribution < -0.4 is 4.90 Å². The molecule has 2 saturated heterocycles. The number of carbonyl (C=O) groups is 1. The summed E-state index contributed by atoms with van der Waals surface area (Å²) in [6.45, 7) is 1.85. The van der Waals surface area contributed by atoms with E-state index in [2.05, 4.69) is 10.00 Å². The molecule has 2 atom stereocenters. The third-order valence-corrected chi connectivity index (χ3v) is 6.62. The molecule has 0 aliphatic carbocycles. The number of rotatable bonds is 3. The van der Waals surface area contributed by atoms with Gasteiger partial charge in [0.2, 0.25) is 0 Å². The van der Waals surface area contributed by atoms with Crippen molar-refractivity contribution in [3.8, 4) is 0 Å². The van der Waals surface area contributed by atoms with E-state index in [9.17, 15) is 18.7 Å². The summed E-state index contributed by atoms with van der Waals surface area (Å²) >= 11 is 0. The number of pyridine rings is 1. The predicted molar refractivity (Wildman–Crippen MR) is 117 cm³/mol. The van der Waals surface area contributed by atoms with Crippen LogP contribution in [0.25, 0.3) is 5.52 Å². The van der Waals surface area contributed by atoms with Crippen molar-refractivity contribution in [2.75, 3.05) is 24.5 Å². The quantitative estimate of drug-likeness (QED) is 0.670. The number of aliphatic hydroxyl groups is 1. The molecule has 2 aliphatic heterocycles. The molecule has 2 aromatic heterocycles. The van der Waals surface area contributed by atoms with Crippen LogP contribution in [0.15, 0.2) is 42.7 Å². The van der Waals surface area contributed by atoms with Crippen LogP contribution in [0.3, 0.4) is 0 Å². The number of hydrogen-bond acceptors (Lipinski definition) is 4. The number of carbonyl (C=O) groups excluding carboxylic acids is 1. The van der Waals surface area contributed by atoms with Gasteiger partial charge in [0.15, 0.2) is 0 Å². The van der Waals surface area contributed by atoms with Gasteiger partial charge in [-0.3, -0.25) is 4.79 Å². The molecule has 168 valence electrons. The van der Waals surface area contributed by atoms with Crippen LogP contribution in [0.5, 0.6) is 0 Å². The Kier molecular flexibility index (Phi) is 5.55. The van der Waals surface area contributed by atoms with Crippen molar-refractivity contribution in [2.45, 2.75) is 44.2 Å². The second kappa shape index (κ2) is 8.50. The minimum atomic E-state index is -0.449. The van der Waals surface area contributed by atoms with E-state index in [1.165, 1.54) is 12.1 Å². The highest BCUT2D eigenvalue weighted by molar-refractivity contribution is 6.01. The first-order valence-electron chi connectivity index (χ1n) is 11.2. The van der Waals surface area contributed by atoms with Gasteiger partial charge in [0, 0.05) is 37.1 Å². The van der Waals surface area contributed by atoms with Crippen molar-refractivity contribution in [3.63, 3.8) is 0 Å². The number of amides is 1. The van der Waals surface area contributed by atoms with Gasteiger partial charge in [-0.05, 0) is 62.4 Å². The number of likely N-dealkylation sites (tertiary alicyclic amines) is 1. The second-order valence-corrected chi connectivity index (χ2v) is 8.67. The number of benzene rings is 1. The maximum atomic E-state index is 14.5. The average molecular weight is 440 g/mol. The fourth-order valence-electron chi connectivity index (χ4n) is 4.93. The molecule has 5 rings (SSSR count). The molecule has 1 N–H and O–H groups in total. The van der Waals surface area contributed by atoms with E-state index in [4.69, 9.17) is 0 Å². The minimum absolute atomic E-state index is 0.0969. The third kappa shape index (κ3) is 3.83. The number of aliphatic hydroxyl groups excluding tert-OH is 1. The molecule has 2 aliphatic rings. The van der Waals surface area contributed by atoms with Crippen molar-refractivity contribution in [3.05, 3.63) is 65.5 Å². The van der Waals surface area contributed by atoms with Crippen LogP contribution >= 0.6 is 0 Å². The zero-order valence-corrected chi connectivity index (χ0v) is 17.8. The SMILES string of the molecule is O=C(c1cnn2ccc(N3CCC[C@@H]3c3cc(F)ccc3F)cc12)N1CCCC(O)CC1. The molecule has 0 radical (unpaired) electrons. The van der Waals surface area contributed by atoms with Crippen LogP contribution in [-0.4, -0.2) is 51.3 Å². The van der Waals surface area contributed by atoms with Crippen molar-refractivity contribution < 1.29 is 18.7 Å². The summed E-state index contributed by atoms with van der Waals surface area (Å²) in [4.78, 5) is 17.1. The highest BCUT2D eigenvalue weighted by Crippen LogP contribution is 2.38. The van der Waals surface area contributed by atoms with E-state index in [1.807, 2.05) is 12.1 Å². The monoisotopic (exact) mass is 440 g/mol. The molecule has 32 heavy (non-hydrogen) atoms. The van der Waals surface area contributed by atoms with Gasteiger partial charge in [-0.25, -0.2) is 13.3 Å². The standard InChI is InChI=1S/C24H26F2N4O2/c25-16-5-6-21(26)19(13-16)22-4-2-10-29(22)17-7-12-30-23(14-17)20(15-27-30)24(32)28-9-1-3-18(31)8-11-28/h5-7,12-15,18,22,31H,1-4,8-11H2/t18?,22-/m1/s1. The first-order valence-corrected chi connectivity index (χ1v) is 11.2. The first kappa shape index (κ1) is 20.9. The molecule has 1 aromatic carbocycles. The Hall–Kier alpha value is -3.00. The lowest BCUT2D eigenvalue weighted by Gasteiger charge is -2.27. The topological polar surface area (TPSA) is 61.1 Å². The van der Waals surface area contributed by atoms with Gasteiger partial charge in [0.25, 0.3) is 5.91 Å². The molecule has 2 fully saturated rings. The van der Waals surface area contributed by atoms with E-state index in [1.54, 1.807) is 21.8 Å². The van der Waals surface area contributed by atoms with Gasteiger partial charge in [0.05, 0.1) is 29.4 Å². The molecule has 3 aromatic rings. The van der Waals surface area contributed by atoms with Crippen molar-refractivity contribution >= 4 is 17.1 Å². The van der Waals surface area contributed by atoms with Gasteiger partial charge >= 0.3 is 0 Å². The summed E-state index contributed by atoms with van der Waals surface area (Å²) in [6, 6.07) is 7.13. The summed E-state index contributed by atoms with van der Waals surface area (Å²) in [7, 11) is 0. The van der Waals surface area contributed by atoms with Gasteiger partial charge in [-0.15, -0.1) is 0 Å². The molecular formula is C24H26F2N4O2. The van der Waals surface area contributed by atoms with Crippen LogP contribution in [0.2, 0.25) is 0 Å². The first-order chi connectivity index (χ1) is 15.5. The van der Waals surface area contributed by atoms with Crippen LogP contribution in [0, 0.1) is 11.6 Å². The summed E-state index contributed by atoms with van der Waals surface area (Å²) in [5, 5.41) is 14.2. The van der Waals surface area contributed by atoms with Crippen molar-refractivity contribution in [1.29, 1.82) is 0 Å². The minimum Gasteiger partial charge on any atom is -0.393 e. The lowest BCUT2D eigenvalue weighted by molar-refractivity contribution is 0.0755. The van der Waals surface area contributed by atoms with Gasteiger partial charge in [-0.1, -0.05) is 0 Å². The number of anilines is 1. The van der Waals surface area contributed by atoms with Gasteiger partial charge in [-0.2, -0.15) is 5.10 Å². The Morgan fingerprint density at radius 1 is 1.03 bits per heavy atom. The van der Waals surface area contributed by atoms with Gasteiger partial charge < -0.3 is 14.9 Å². The summed E-state index contributed by atoms with van der Waals surface area (Å²) in [5.74, 6) is -0.955. The lowest BCUT2D eigenvalue weighted by Crippen LogP contribution is -2.32. The molecule has 6 nitrogen and oxygen atoms in total. The average Bonchev–Trinajstić information content (AvgIpc) is 3.38. The van der Waals surface area contributed by atoms with Crippen LogP contribution in [0.4, 0.5) is 14.5 Å². The van der Waals surface area contributed by atoms with E-state index >= 15 is 0 Å². The smallest absolute Gasteiger partial charge is 0.257 e. The number of halogens is 2. The Labute approximate surface area is 185 Å². The van der Waals surface area contributed by atoms with Crippen LogP contribution in [0.1, 0.15) is 54.1 Å². The summed E-state index contributed by atoms with van der Waals surface area (Å²) < 4.78 is 30.0. The third-order valence-electron chi connectivity index (χ3n) is 6.62.